The van der Waals surface area contributed by atoms with Crippen molar-refractivity contribution in [2.75, 3.05) is 17.2 Å². The summed E-state index contributed by atoms with van der Waals surface area (Å²) in [5, 5.41) is 6.42. The summed E-state index contributed by atoms with van der Waals surface area (Å²) in [5.74, 6) is 0.0607. The van der Waals surface area contributed by atoms with E-state index in [0.717, 1.165) is 23.4 Å². The predicted molar refractivity (Wildman–Crippen MR) is 86.7 cm³/mol. The number of fused-ring (bicyclic) bond motifs is 1. The monoisotopic (exact) mass is 280 g/mol. The normalized spacial score (nSPS) is 16.8. The highest BCUT2D eigenvalue weighted by Crippen LogP contribution is 2.26. The number of anilines is 2. The van der Waals surface area contributed by atoms with E-state index >= 15 is 0 Å². The number of benzene rings is 2. The summed E-state index contributed by atoms with van der Waals surface area (Å²) in [4.78, 5) is 12.5. The van der Waals surface area contributed by atoms with Crippen molar-refractivity contribution >= 4 is 17.3 Å². The first-order valence-corrected chi connectivity index (χ1v) is 7.34. The zero-order valence-corrected chi connectivity index (χ0v) is 12.4. The van der Waals surface area contributed by atoms with Crippen LogP contribution in [0.2, 0.25) is 0 Å². The van der Waals surface area contributed by atoms with Crippen LogP contribution in [-0.4, -0.2) is 12.5 Å². The lowest BCUT2D eigenvalue weighted by Gasteiger charge is -2.25. The number of carbonyl (C=O) groups excluding carboxylic acids is 1. The average molecular weight is 280 g/mol. The molecule has 1 heterocycles. The van der Waals surface area contributed by atoms with Gasteiger partial charge in [-0.25, -0.2) is 0 Å². The van der Waals surface area contributed by atoms with E-state index in [1.54, 1.807) is 0 Å². The van der Waals surface area contributed by atoms with Crippen LogP contribution in [0, 0.1) is 19.8 Å². The van der Waals surface area contributed by atoms with E-state index in [2.05, 4.69) is 35.8 Å². The molecule has 1 amide bonds. The smallest absolute Gasteiger partial charge is 0.229 e. The predicted octanol–water partition coefficient (Wildman–Crippen LogP) is 3.53. The standard InChI is InChI=1S/C18H20N2O/c1-12-6-5-9-16(13(12)2)20-18(21)15-10-14-7-3-4-8-17(14)19-11-15/h3-9,15,19H,10-11H2,1-2H3,(H,20,21). The highest BCUT2D eigenvalue weighted by Gasteiger charge is 2.24. The van der Waals surface area contributed by atoms with Gasteiger partial charge in [0.2, 0.25) is 5.91 Å². The second-order valence-corrected chi connectivity index (χ2v) is 5.68. The number of amides is 1. The molecule has 1 unspecified atom stereocenters. The molecule has 0 bridgehead atoms. The Morgan fingerprint density at radius 1 is 1.14 bits per heavy atom. The highest BCUT2D eigenvalue weighted by molar-refractivity contribution is 5.94. The number of hydrogen-bond acceptors (Lipinski definition) is 2. The van der Waals surface area contributed by atoms with E-state index in [1.165, 1.54) is 11.1 Å². The molecule has 1 aliphatic heterocycles. The first-order valence-electron chi connectivity index (χ1n) is 7.34. The van der Waals surface area contributed by atoms with E-state index in [1.807, 2.05) is 31.2 Å². The Labute approximate surface area is 125 Å². The van der Waals surface area contributed by atoms with Crippen molar-refractivity contribution in [2.45, 2.75) is 20.3 Å². The maximum absolute atomic E-state index is 12.5. The molecular weight excluding hydrogens is 260 g/mol. The van der Waals surface area contributed by atoms with Crippen molar-refractivity contribution in [1.29, 1.82) is 0 Å². The van der Waals surface area contributed by atoms with Gasteiger partial charge in [0.05, 0.1) is 5.92 Å². The summed E-state index contributed by atoms with van der Waals surface area (Å²) < 4.78 is 0. The Kier molecular flexibility index (Phi) is 3.65. The topological polar surface area (TPSA) is 41.1 Å². The molecule has 0 aliphatic carbocycles. The van der Waals surface area contributed by atoms with Crippen LogP contribution in [0.3, 0.4) is 0 Å². The molecule has 3 heteroatoms. The molecule has 3 nitrogen and oxygen atoms in total. The molecule has 0 saturated carbocycles. The molecule has 1 aliphatic rings. The van der Waals surface area contributed by atoms with Gasteiger partial charge in [0.15, 0.2) is 0 Å². The summed E-state index contributed by atoms with van der Waals surface area (Å²) in [6, 6.07) is 14.2. The third kappa shape index (κ3) is 2.77. The molecule has 2 aromatic rings. The van der Waals surface area contributed by atoms with Crippen LogP contribution >= 0.6 is 0 Å². The molecule has 0 spiro atoms. The largest absolute Gasteiger partial charge is 0.384 e. The molecule has 21 heavy (non-hydrogen) atoms. The van der Waals surface area contributed by atoms with Gasteiger partial charge in [0.1, 0.15) is 0 Å². The van der Waals surface area contributed by atoms with Gasteiger partial charge in [-0.15, -0.1) is 0 Å². The van der Waals surface area contributed by atoms with E-state index in [9.17, 15) is 4.79 Å². The van der Waals surface area contributed by atoms with Gasteiger partial charge in [-0.05, 0) is 49.1 Å². The first-order chi connectivity index (χ1) is 10.1. The fraction of sp³-hybridized carbons (Fsp3) is 0.278. The Balaban J connectivity index is 1.74. The maximum atomic E-state index is 12.5. The fourth-order valence-electron chi connectivity index (χ4n) is 2.75. The third-order valence-corrected chi connectivity index (χ3v) is 4.26. The maximum Gasteiger partial charge on any atom is 0.229 e. The summed E-state index contributed by atoms with van der Waals surface area (Å²) in [6.45, 7) is 4.79. The number of para-hydroxylation sites is 1. The molecule has 0 saturated heterocycles. The minimum atomic E-state index is -0.0280. The van der Waals surface area contributed by atoms with E-state index in [0.29, 0.717) is 6.54 Å². The van der Waals surface area contributed by atoms with Crippen LogP contribution in [0.5, 0.6) is 0 Å². The molecule has 3 rings (SSSR count). The van der Waals surface area contributed by atoms with Crippen molar-refractivity contribution in [3.8, 4) is 0 Å². The van der Waals surface area contributed by atoms with E-state index < -0.39 is 0 Å². The number of aryl methyl sites for hydroxylation is 1. The van der Waals surface area contributed by atoms with Gasteiger partial charge in [0, 0.05) is 17.9 Å². The highest BCUT2D eigenvalue weighted by atomic mass is 16.1. The summed E-state index contributed by atoms with van der Waals surface area (Å²) in [7, 11) is 0. The van der Waals surface area contributed by atoms with E-state index in [-0.39, 0.29) is 11.8 Å². The second kappa shape index (κ2) is 5.60. The van der Waals surface area contributed by atoms with Crippen molar-refractivity contribution in [2.24, 2.45) is 5.92 Å². The third-order valence-electron chi connectivity index (χ3n) is 4.26. The Morgan fingerprint density at radius 2 is 1.95 bits per heavy atom. The Hall–Kier alpha value is -2.29. The van der Waals surface area contributed by atoms with Crippen molar-refractivity contribution in [3.63, 3.8) is 0 Å². The minimum Gasteiger partial charge on any atom is -0.384 e. The first kappa shape index (κ1) is 13.7. The van der Waals surface area contributed by atoms with Gasteiger partial charge in [-0.2, -0.15) is 0 Å². The van der Waals surface area contributed by atoms with Gasteiger partial charge in [-0.1, -0.05) is 30.3 Å². The summed E-state index contributed by atoms with van der Waals surface area (Å²) in [6.07, 6.45) is 0.792. The minimum absolute atomic E-state index is 0.0280. The Bertz CT molecular complexity index is 679. The van der Waals surface area contributed by atoms with Crippen LogP contribution in [0.25, 0.3) is 0 Å². The van der Waals surface area contributed by atoms with Crippen LogP contribution in [0.4, 0.5) is 11.4 Å². The average Bonchev–Trinajstić information content (AvgIpc) is 2.51. The van der Waals surface area contributed by atoms with Gasteiger partial charge >= 0.3 is 0 Å². The number of rotatable bonds is 2. The summed E-state index contributed by atoms with van der Waals surface area (Å²) in [5.41, 5.74) is 5.60. The molecule has 0 aromatic heterocycles. The summed E-state index contributed by atoms with van der Waals surface area (Å²) >= 11 is 0. The lowest BCUT2D eigenvalue weighted by molar-refractivity contribution is -0.119. The van der Waals surface area contributed by atoms with Crippen LogP contribution < -0.4 is 10.6 Å². The van der Waals surface area contributed by atoms with Crippen molar-refractivity contribution in [3.05, 3.63) is 59.2 Å². The van der Waals surface area contributed by atoms with E-state index in [4.69, 9.17) is 0 Å². The second-order valence-electron chi connectivity index (χ2n) is 5.68. The lowest BCUT2D eigenvalue weighted by atomic mass is 9.93. The zero-order chi connectivity index (χ0) is 14.8. The van der Waals surface area contributed by atoms with Gasteiger partial charge in [-0.3, -0.25) is 4.79 Å². The molecule has 0 fully saturated rings. The molecule has 108 valence electrons. The molecule has 2 N–H and O–H groups in total. The number of carbonyl (C=O) groups is 1. The van der Waals surface area contributed by atoms with Gasteiger partial charge < -0.3 is 10.6 Å². The molecule has 2 aromatic carbocycles. The zero-order valence-electron chi connectivity index (χ0n) is 12.4. The Morgan fingerprint density at radius 3 is 2.81 bits per heavy atom. The van der Waals surface area contributed by atoms with Crippen LogP contribution in [0.1, 0.15) is 16.7 Å². The molecule has 1 atom stereocenters. The quantitative estimate of drug-likeness (QED) is 0.883. The lowest BCUT2D eigenvalue weighted by Crippen LogP contribution is -2.33. The number of nitrogens with one attached hydrogen (secondary N) is 2. The van der Waals surface area contributed by atoms with Gasteiger partial charge in [0.25, 0.3) is 0 Å². The van der Waals surface area contributed by atoms with Crippen LogP contribution in [0.15, 0.2) is 42.5 Å². The number of hydrogen-bond donors (Lipinski definition) is 2. The molecular formula is C18H20N2O. The van der Waals surface area contributed by atoms with Crippen molar-refractivity contribution in [1.82, 2.24) is 0 Å². The van der Waals surface area contributed by atoms with Crippen LogP contribution in [-0.2, 0) is 11.2 Å². The SMILES string of the molecule is Cc1cccc(NC(=O)C2CNc3ccccc3C2)c1C. The van der Waals surface area contributed by atoms with Crippen molar-refractivity contribution < 1.29 is 4.79 Å². The fourth-order valence-corrected chi connectivity index (χ4v) is 2.75. The molecule has 0 radical (unpaired) electrons.